The van der Waals surface area contributed by atoms with Crippen LogP contribution in [-0.4, -0.2) is 35.9 Å². The largest absolute Gasteiger partial charge is 0.490 e. The van der Waals surface area contributed by atoms with E-state index in [9.17, 15) is 14.0 Å². The summed E-state index contributed by atoms with van der Waals surface area (Å²) in [6.45, 7) is 1.02. The summed E-state index contributed by atoms with van der Waals surface area (Å²) in [5.74, 6) is -0.0142. The lowest BCUT2D eigenvalue weighted by Crippen LogP contribution is -2.39. The summed E-state index contributed by atoms with van der Waals surface area (Å²) >= 11 is 6.13. The second-order valence-electron chi connectivity index (χ2n) is 7.31. The second kappa shape index (κ2) is 8.41. The summed E-state index contributed by atoms with van der Waals surface area (Å²) in [6, 6.07) is 12.0. The van der Waals surface area contributed by atoms with Gasteiger partial charge in [0.05, 0.1) is 18.8 Å². The Bertz CT molecular complexity index is 912. The van der Waals surface area contributed by atoms with Gasteiger partial charge >= 0.3 is 0 Å². The molecule has 4 rings (SSSR count). The van der Waals surface area contributed by atoms with Crippen molar-refractivity contribution < 1.29 is 18.7 Å². The van der Waals surface area contributed by atoms with E-state index in [1.54, 1.807) is 21.9 Å². The normalized spacial score (nSPS) is 15.4. The van der Waals surface area contributed by atoms with Crippen molar-refractivity contribution in [1.29, 1.82) is 0 Å². The molecule has 0 atom stereocenters. The van der Waals surface area contributed by atoms with Crippen LogP contribution < -0.4 is 9.64 Å². The van der Waals surface area contributed by atoms with E-state index < -0.39 is 5.82 Å². The molecule has 29 heavy (non-hydrogen) atoms. The number of anilines is 1. The third-order valence-corrected chi connectivity index (χ3v) is 5.63. The first-order chi connectivity index (χ1) is 14.0. The molecule has 2 amide bonds. The van der Waals surface area contributed by atoms with Gasteiger partial charge in [-0.2, -0.15) is 0 Å². The second-order valence-corrected chi connectivity index (χ2v) is 7.72. The molecular weight excluding hydrogens is 395 g/mol. The quantitative estimate of drug-likeness (QED) is 0.710. The van der Waals surface area contributed by atoms with Gasteiger partial charge in [0.15, 0.2) is 0 Å². The maximum absolute atomic E-state index is 14.2. The van der Waals surface area contributed by atoms with Crippen molar-refractivity contribution in [2.75, 3.05) is 18.1 Å². The number of para-hydroxylation sites is 2. The zero-order valence-corrected chi connectivity index (χ0v) is 16.7. The fourth-order valence-corrected chi connectivity index (χ4v) is 3.80. The van der Waals surface area contributed by atoms with E-state index in [-0.39, 0.29) is 37.2 Å². The number of carbonyl (C=O) groups excluding carboxylic acids is 2. The maximum Gasteiger partial charge on any atom is 0.227 e. The van der Waals surface area contributed by atoms with E-state index >= 15 is 0 Å². The van der Waals surface area contributed by atoms with E-state index in [2.05, 4.69) is 0 Å². The van der Waals surface area contributed by atoms with E-state index in [1.165, 1.54) is 6.07 Å². The Morgan fingerprint density at radius 3 is 2.69 bits per heavy atom. The molecule has 1 heterocycles. The van der Waals surface area contributed by atoms with Gasteiger partial charge in [-0.25, -0.2) is 4.39 Å². The molecular formula is C22H22ClFN2O3. The number of rotatable bonds is 6. The molecule has 0 spiro atoms. The molecule has 0 bridgehead atoms. The number of fused-ring (bicyclic) bond motifs is 1. The van der Waals surface area contributed by atoms with Gasteiger partial charge < -0.3 is 14.5 Å². The van der Waals surface area contributed by atoms with Gasteiger partial charge in [0.1, 0.15) is 18.2 Å². The number of benzene rings is 2. The number of hydrogen-bond donors (Lipinski definition) is 0. The Labute approximate surface area is 174 Å². The maximum atomic E-state index is 14.2. The number of hydrogen-bond acceptors (Lipinski definition) is 3. The van der Waals surface area contributed by atoms with Gasteiger partial charge in [-0.1, -0.05) is 29.8 Å². The van der Waals surface area contributed by atoms with Crippen molar-refractivity contribution in [3.63, 3.8) is 0 Å². The molecule has 1 fully saturated rings. The van der Waals surface area contributed by atoms with Crippen molar-refractivity contribution >= 4 is 29.1 Å². The van der Waals surface area contributed by atoms with Crippen LogP contribution in [0.5, 0.6) is 5.75 Å². The molecule has 152 valence electrons. The molecule has 5 nitrogen and oxygen atoms in total. The minimum Gasteiger partial charge on any atom is -0.490 e. The smallest absolute Gasteiger partial charge is 0.227 e. The molecule has 2 aromatic carbocycles. The van der Waals surface area contributed by atoms with Crippen LogP contribution in [0.4, 0.5) is 10.1 Å². The van der Waals surface area contributed by atoms with Crippen molar-refractivity contribution in [3.8, 4) is 5.75 Å². The van der Waals surface area contributed by atoms with Crippen LogP contribution in [0.25, 0.3) is 0 Å². The molecule has 0 radical (unpaired) electrons. The van der Waals surface area contributed by atoms with Crippen LogP contribution >= 0.6 is 11.6 Å². The predicted octanol–water partition coefficient (Wildman–Crippen LogP) is 4.18. The Hall–Kier alpha value is -2.60. The zero-order valence-electron chi connectivity index (χ0n) is 15.9. The molecule has 0 saturated heterocycles. The highest BCUT2D eigenvalue weighted by Crippen LogP contribution is 2.33. The lowest BCUT2D eigenvalue weighted by molar-refractivity contribution is -0.134. The van der Waals surface area contributed by atoms with Crippen molar-refractivity contribution in [1.82, 2.24) is 4.90 Å². The Balaban J connectivity index is 1.41. The first-order valence-corrected chi connectivity index (χ1v) is 10.2. The van der Waals surface area contributed by atoms with E-state index in [0.717, 1.165) is 18.5 Å². The summed E-state index contributed by atoms with van der Waals surface area (Å²) in [4.78, 5) is 28.9. The SMILES string of the molecule is O=C(CCC(=O)N(Cc1c(F)cccc1Cl)C1CC1)N1CCOc2ccccc21. The number of carbonyl (C=O) groups is 2. The van der Waals surface area contributed by atoms with Crippen molar-refractivity contribution in [2.24, 2.45) is 0 Å². The zero-order chi connectivity index (χ0) is 20.4. The van der Waals surface area contributed by atoms with Crippen LogP contribution in [0.15, 0.2) is 42.5 Å². The first-order valence-electron chi connectivity index (χ1n) is 9.79. The van der Waals surface area contributed by atoms with Crippen LogP contribution in [0.3, 0.4) is 0 Å². The minimum absolute atomic E-state index is 0.0843. The number of amides is 2. The van der Waals surface area contributed by atoms with E-state index in [4.69, 9.17) is 16.3 Å². The number of ether oxygens (including phenoxy) is 1. The molecule has 0 unspecified atom stereocenters. The van der Waals surface area contributed by atoms with E-state index in [1.807, 2.05) is 24.3 Å². The topological polar surface area (TPSA) is 49.9 Å². The highest BCUT2D eigenvalue weighted by atomic mass is 35.5. The number of halogens is 2. The monoisotopic (exact) mass is 416 g/mol. The highest BCUT2D eigenvalue weighted by molar-refractivity contribution is 6.31. The fraction of sp³-hybridized carbons (Fsp3) is 0.364. The van der Waals surface area contributed by atoms with Gasteiger partial charge in [-0.05, 0) is 37.1 Å². The predicted molar refractivity (Wildman–Crippen MR) is 109 cm³/mol. The summed E-state index contributed by atoms with van der Waals surface area (Å²) in [6.07, 6.45) is 1.97. The molecule has 0 aromatic heterocycles. The van der Waals surface area contributed by atoms with Gasteiger partial charge in [-0.3, -0.25) is 9.59 Å². The third-order valence-electron chi connectivity index (χ3n) is 5.28. The van der Waals surface area contributed by atoms with Crippen LogP contribution in [-0.2, 0) is 16.1 Å². The molecule has 1 aliphatic carbocycles. The highest BCUT2D eigenvalue weighted by Gasteiger charge is 2.34. The molecule has 7 heteroatoms. The Morgan fingerprint density at radius 1 is 1.14 bits per heavy atom. The average molecular weight is 417 g/mol. The first kappa shape index (κ1) is 19.7. The standard InChI is InChI=1S/C22H22ClFN2O3/c23-17-4-3-5-18(24)16(17)14-26(15-8-9-15)22(28)11-10-21(27)25-12-13-29-20-7-2-1-6-19(20)25/h1-7,15H,8-14H2. The lowest BCUT2D eigenvalue weighted by atomic mass is 10.1. The molecule has 2 aliphatic rings. The average Bonchev–Trinajstić information content (AvgIpc) is 3.56. The van der Waals surface area contributed by atoms with Crippen LogP contribution in [0, 0.1) is 5.82 Å². The van der Waals surface area contributed by atoms with Crippen molar-refractivity contribution in [2.45, 2.75) is 38.3 Å². The van der Waals surface area contributed by atoms with Crippen molar-refractivity contribution in [3.05, 3.63) is 58.9 Å². The molecule has 1 saturated carbocycles. The molecule has 0 N–H and O–H groups in total. The van der Waals surface area contributed by atoms with Gasteiger partial charge in [-0.15, -0.1) is 0 Å². The summed E-state index contributed by atoms with van der Waals surface area (Å²) in [7, 11) is 0. The minimum atomic E-state index is -0.419. The lowest BCUT2D eigenvalue weighted by Gasteiger charge is -2.30. The van der Waals surface area contributed by atoms with Gasteiger partial charge in [0, 0.05) is 29.5 Å². The third kappa shape index (κ3) is 4.37. The van der Waals surface area contributed by atoms with Crippen LogP contribution in [0.2, 0.25) is 5.02 Å². The van der Waals surface area contributed by atoms with Crippen LogP contribution in [0.1, 0.15) is 31.2 Å². The van der Waals surface area contributed by atoms with Gasteiger partial charge in [0.25, 0.3) is 0 Å². The Morgan fingerprint density at radius 2 is 1.93 bits per heavy atom. The van der Waals surface area contributed by atoms with Gasteiger partial charge in [0.2, 0.25) is 11.8 Å². The summed E-state index contributed by atoms with van der Waals surface area (Å²) in [5, 5.41) is 0.310. The summed E-state index contributed by atoms with van der Waals surface area (Å²) in [5.41, 5.74) is 1.05. The molecule has 1 aliphatic heterocycles. The fourth-order valence-electron chi connectivity index (χ4n) is 3.58. The van der Waals surface area contributed by atoms with E-state index in [0.29, 0.717) is 29.5 Å². The summed E-state index contributed by atoms with van der Waals surface area (Å²) < 4.78 is 19.7. The Kier molecular flexibility index (Phi) is 5.72. The molecule has 2 aromatic rings. The number of nitrogens with zero attached hydrogens (tertiary/aromatic N) is 2.